The van der Waals surface area contributed by atoms with Gasteiger partial charge in [-0.05, 0) is 43.0 Å². The number of anilines is 1. The number of nitrogens with zero attached hydrogens (tertiary/aromatic N) is 6. The maximum Gasteiger partial charge on any atom is 0.453 e. The Morgan fingerprint density at radius 3 is 2.52 bits per heavy atom. The van der Waals surface area contributed by atoms with Crippen LogP contribution in [0.5, 0.6) is 0 Å². The second-order valence-electron chi connectivity index (χ2n) is 7.87. The molecule has 1 amide bonds. The minimum Gasteiger partial charge on any atom is -0.355 e. The predicted molar refractivity (Wildman–Crippen MR) is 108 cm³/mol. The molecule has 1 aromatic carbocycles. The first-order valence-electron chi connectivity index (χ1n) is 10.1. The van der Waals surface area contributed by atoms with Crippen molar-refractivity contribution in [2.24, 2.45) is 5.92 Å². The van der Waals surface area contributed by atoms with Gasteiger partial charge in [0.25, 0.3) is 5.82 Å². The van der Waals surface area contributed by atoms with Gasteiger partial charge in [0.15, 0.2) is 5.65 Å². The molecular weight excluding hydrogens is 409 g/mol. The molecule has 0 radical (unpaired) electrons. The lowest BCUT2D eigenvalue weighted by molar-refractivity contribution is -0.146. The van der Waals surface area contributed by atoms with E-state index in [-0.39, 0.29) is 17.5 Å². The van der Waals surface area contributed by atoms with Crippen molar-refractivity contribution >= 4 is 17.4 Å². The lowest BCUT2D eigenvalue weighted by Crippen LogP contribution is -2.41. The minimum absolute atomic E-state index is 0.0407. The van der Waals surface area contributed by atoms with Crippen LogP contribution < -0.4 is 4.90 Å². The highest BCUT2D eigenvalue weighted by atomic mass is 19.4. The van der Waals surface area contributed by atoms with Gasteiger partial charge < -0.3 is 9.80 Å². The van der Waals surface area contributed by atoms with Gasteiger partial charge in [-0.1, -0.05) is 24.3 Å². The highest BCUT2D eigenvalue weighted by molar-refractivity contribution is 5.79. The van der Waals surface area contributed by atoms with E-state index in [0.717, 1.165) is 15.6 Å². The Kier molecular flexibility index (Phi) is 5.55. The number of aryl methyl sites for hydroxylation is 1. The van der Waals surface area contributed by atoms with Crippen LogP contribution in [0.2, 0.25) is 0 Å². The molecule has 0 saturated carbocycles. The summed E-state index contributed by atoms with van der Waals surface area (Å²) in [6, 6.07) is 11.1. The second kappa shape index (κ2) is 8.16. The van der Waals surface area contributed by atoms with Gasteiger partial charge in [-0.25, -0.2) is 0 Å². The van der Waals surface area contributed by atoms with E-state index in [1.807, 2.05) is 36.1 Å². The molecule has 0 aliphatic carbocycles. The van der Waals surface area contributed by atoms with Crippen molar-refractivity contribution in [2.75, 3.05) is 25.0 Å². The quantitative estimate of drug-likeness (QED) is 0.633. The number of piperidine rings is 1. The highest BCUT2D eigenvalue weighted by Crippen LogP contribution is 2.29. The highest BCUT2D eigenvalue weighted by Gasteiger charge is 2.38. The van der Waals surface area contributed by atoms with Gasteiger partial charge in [0.2, 0.25) is 5.91 Å². The van der Waals surface area contributed by atoms with Gasteiger partial charge in [-0.3, -0.25) is 4.79 Å². The largest absolute Gasteiger partial charge is 0.453 e. The number of carbonyl (C=O) groups excluding carboxylic acids is 1. The van der Waals surface area contributed by atoms with E-state index < -0.39 is 12.0 Å². The number of rotatable bonds is 4. The zero-order valence-electron chi connectivity index (χ0n) is 17.3. The maximum absolute atomic E-state index is 13.1. The molecular formula is C21H23F3N6O. The van der Waals surface area contributed by atoms with E-state index in [4.69, 9.17) is 0 Å². The van der Waals surface area contributed by atoms with Crippen molar-refractivity contribution in [3.8, 4) is 0 Å². The Morgan fingerprint density at radius 2 is 1.84 bits per heavy atom. The van der Waals surface area contributed by atoms with Gasteiger partial charge in [0, 0.05) is 32.6 Å². The first kappa shape index (κ1) is 21.1. The molecule has 0 spiro atoms. The van der Waals surface area contributed by atoms with Crippen LogP contribution in [-0.2, 0) is 17.5 Å². The number of hydrogen-bond acceptors (Lipinski definition) is 5. The molecule has 1 aliphatic heterocycles. The van der Waals surface area contributed by atoms with Gasteiger partial charge in [-0.2, -0.15) is 17.7 Å². The van der Waals surface area contributed by atoms with E-state index in [1.165, 1.54) is 6.07 Å². The van der Waals surface area contributed by atoms with E-state index in [9.17, 15) is 18.0 Å². The summed E-state index contributed by atoms with van der Waals surface area (Å²) in [4.78, 5) is 16.5. The van der Waals surface area contributed by atoms with Crippen LogP contribution in [0.4, 0.5) is 19.0 Å². The molecule has 1 aliphatic rings. The first-order valence-corrected chi connectivity index (χ1v) is 10.1. The molecule has 0 N–H and O–H groups in total. The van der Waals surface area contributed by atoms with Crippen LogP contribution in [0.3, 0.4) is 0 Å². The fraction of sp³-hybridized carbons (Fsp3) is 0.429. The summed E-state index contributed by atoms with van der Waals surface area (Å²) in [7, 11) is 1.81. The third-order valence-electron chi connectivity index (χ3n) is 5.72. The molecule has 10 heteroatoms. The molecule has 1 saturated heterocycles. The lowest BCUT2D eigenvalue weighted by Gasteiger charge is -2.34. The molecule has 164 valence electrons. The number of aromatic nitrogens is 4. The number of halogens is 3. The second-order valence-corrected chi connectivity index (χ2v) is 7.87. The minimum atomic E-state index is -4.63. The molecule has 0 atom stereocenters. The summed E-state index contributed by atoms with van der Waals surface area (Å²) in [5.74, 6) is -0.761. The number of hydrogen-bond donors (Lipinski definition) is 0. The summed E-state index contributed by atoms with van der Waals surface area (Å²) < 4.78 is 40.0. The van der Waals surface area contributed by atoms with Crippen molar-refractivity contribution in [2.45, 2.75) is 32.5 Å². The zero-order valence-corrected chi connectivity index (χ0v) is 17.3. The summed E-state index contributed by atoms with van der Waals surface area (Å²) in [6.07, 6.45) is -3.40. The van der Waals surface area contributed by atoms with Crippen LogP contribution in [0.25, 0.3) is 5.65 Å². The van der Waals surface area contributed by atoms with Gasteiger partial charge >= 0.3 is 6.18 Å². The van der Waals surface area contributed by atoms with E-state index in [2.05, 4.69) is 15.3 Å². The Hall–Kier alpha value is -3.17. The number of carbonyl (C=O) groups is 1. The van der Waals surface area contributed by atoms with E-state index >= 15 is 0 Å². The van der Waals surface area contributed by atoms with Gasteiger partial charge in [0.1, 0.15) is 5.82 Å². The van der Waals surface area contributed by atoms with E-state index in [1.54, 1.807) is 18.0 Å². The average Bonchev–Trinajstić information content (AvgIpc) is 3.19. The van der Waals surface area contributed by atoms with Crippen molar-refractivity contribution in [3.05, 3.63) is 53.3 Å². The van der Waals surface area contributed by atoms with Crippen LogP contribution >= 0.6 is 0 Å². The summed E-state index contributed by atoms with van der Waals surface area (Å²) in [5, 5.41) is 10.8. The Morgan fingerprint density at radius 1 is 1.13 bits per heavy atom. The average molecular weight is 432 g/mol. The van der Waals surface area contributed by atoms with Crippen molar-refractivity contribution in [3.63, 3.8) is 0 Å². The summed E-state index contributed by atoms with van der Waals surface area (Å²) in [6.45, 7) is 3.65. The fourth-order valence-corrected chi connectivity index (χ4v) is 3.91. The molecule has 1 fully saturated rings. The normalized spacial score (nSPS) is 15.5. The Labute approximate surface area is 177 Å². The van der Waals surface area contributed by atoms with Crippen LogP contribution in [-0.4, -0.2) is 50.8 Å². The number of amides is 1. The molecule has 3 aromatic rings. The summed E-state index contributed by atoms with van der Waals surface area (Å²) in [5.41, 5.74) is 2.30. The maximum atomic E-state index is 13.1. The van der Waals surface area contributed by atoms with E-state index in [0.29, 0.717) is 38.3 Å². The SMILES string of the molecule is Cc1ccccc1CN(C)C(=O)C1CCN(c2ccc3nnc(C(F)(F)F)n3n2)CC1. The Bertz CT molecular complexity index is 1090. The van der Waals surface area contributed by atoms with Crippen molar-refractivity contribution in [1.29, 1.82) is 0 Å². The number of fused-ring (bicyclic) bond motifs is 1. The molecule has 4 rings (SSSR count). The lowest BCUT2D eigenvalue weighted by atomic mass is 9.95. The van der Waals surface area contributed by atoms with Gasteiger partial charge in [-0.15, -0.1) is 15.3 Å². The van der Waals surface area contributed by atoms with Crippen molar-refractivity contribution in [1.82, 2.24) is 24.7 Å². The first-order chi connectivity index (χ1) is 14.7. The molecule has 3 heterocycles. The van der Waals surface area contributed by atoms with Gasteiger partial charge in [0.05, 0.1) is 0 Å². The third-order valence-corrected chi connectivity index (χ3v) is 5.72. The molecule has 7 nitrogen and oxygen atoms in total. The molecule has 2 aromatic heterocycles. The zero-order chi connectivity index (χ0) is 22.2. The van der Waals surface area contributed by atoms with Crippen LogP contribution in [0.15, 0.2) is 36.4 Å². The third kappa shape index (κ3) is 4.33. The van der Waals surface area contributed by atoms with Crippen molar-refractivity contribution < 1.29 is 18.0 Å². The number of benzene rings is 1. The summed E-state index contributed by atoms with van der Waals surface area (Å²) >= 11 is 0. The molecule has 0 bridgehead atoms. The monoisotopic (exact) mass is 432 g/mol. The number of alkyl halides is 3. The van der Waals surface area contributed by atoms with Crippen LogP contribution in [0.1, 0.15) is 29.8 Å². The molecule has 31 heavy (non-hydrogen) atoms. The molecule has 0 unspecified atom stereocenters. The fourth-order valence-electron chi connectivity index (χ4n) is 3.91. The topological polar surface area (TPSA) is 66.6 Å². The Balaban J connectivity index is 1.41. The van der Waals surface area contributed by atoms with Crippen LogP contribution in [0, 0.1) is 12.8 Å². The smallest absolute Gasteiger partial charge is 0.355 e. The predicted octanol–water partition coefficient (Wildman–Crippen LogP) is 3.33. The standard InChI is InChI=1S/C21H23F3N6O/c1-14-5-3-4-6-16(14)13-28(2)19(31)15-9-11-29(12-10-15)18-8-7-17-25-26-20(21(22,23)24)30(17)27-18/h3-8,15H,9-13H2,1-2H3.